The molecule has 1 aliphatic heterocycles. The maximum atomic E-state index is 16.1. The maximum absolute atomic E-state index is 16.1. The van der Waals surface area contributed by atoms with Crippen LogP contribution in [-0.4, -0.2) is 56.7 Å². The molecule has 2 amide bonds. The zero-order chi connectivity index (χ0) is 30.3. The second kappa shape index (κ2) is 11.3. The minimum atomic E-state index is -2.90. The predicted molar refractivity (Wildman–Crippen MR) is 145 cm³/mol. The van der Waals surface area contributed by atoms with Gasteiger partial charge in [-0.25, -0.2) is 18.0 Å². The maximum Gasteiger partial charge on any atom is 0.347 e. The molecule has 1 N–H and O–H groups in total. The van der Waals surface area contributed by atoms with Gasteiger partial charge in [0, 0.05) is 12.6 Å². The number of imide groups is 1. The van der Waals surface area contributed by atoms with Gasteiger partial charge in [0.15, 0.2) is 17.5 Å². The Balaban J connectivity index is 1.62. The third-order valence-corrected chi connectivity index (χ3v) is 7.19. The number of halogens is 4. The Hall–Kier alpha value is -4.71. The third kappa shape index (κ3) is 4.87. The molecule has 0 spiro atoms. The highest BCUT2D eigenvalue weighted by Crippen LogP contribution is 2.36. The van der Waals surface area contributed by atoms with Gasteiger partial charge in [0.1, 0.15) is 11.3 Å². The molecule has 2 unspecified atom stereocenters. The fraction of sp³-hybridized carbons (Fsp3) is 0.207. The Labute approximate surface area is 240 Å². The van der Waals surface area contributed by atoms with E-state index in [1.165, 1.54) is 61.7 Å². The van der Waals surface area contributed by atoms with Crippen molar-refractivity contribution in [2.75, 3.05) is 13.2 Å². The number of carbonyl (C=O) groups excluding carboxylic acids is 3. The molecule has 5 rings (SSSR count). The van der Waals surface area contributed by atoms with Crippen molar-refractivity contribution in [3.05, 3.63) is 104 Å². The first kappa shape index (κ1) is 28.8. The number of nitrogens with zero attached hydrogens (tertiary/aromatic N) is 3. The summed E-state index contributed by atoms with van der Waals surface area (Å²) in [6.07, 6.45) is -4.35. The van der Waals surface area contributed by atoms with Crippen LogP contribution in [-0.2, 0) is 11.2 Å². The van der Waals surface area contributed by atoms with Crippen LogP contribution < -0.4 is 5.56 Å². The largest absolute Gasteiger partial charge is 0.505 e. The van der Waals surface area contributed by atoms with Crippen molar-refractivity contribution >= 4 is 40.4 Å². The molecular weight excluding hydrogens is 579 g/mol. The molecule has 0 saturated heterocycles. The Bertz CT molecular complexity index is 1780. The number of fused-ring (bicyclic) bond motifs is 2. The number of ether oxygens (including phenoxy) is 1. The number of hydrogen-bond donors (Lipinski definition) is 1. The number of hydrogen-bond acceptors (Lipinski definition) is 7. The lowest BCUT2D eigenvalue weighted by molar-refractivity contribution is 0.0471. The summed E-state index contributed by atoms with van der Waals surface area (Å²) in [5.74, 6) is -4.45. The number of aromatic nitrogens is 2. The summed E-state index contributed by atoms with van der Waals surface area (Å²) in [5.41, 5.74) is -2.72. The molecule has 2 aromatic carbocycles. The van der Waals surface area contributed by atoms with Gasteiger partial charge in [0.05, 0.1) is 34.8 Å². The van der Waals surface area contributed by atoms with Crippen molar-refractivity contribution in [1.29, 1.82) is 0 Å². The third-order valence-electron chi connectivity index (χ3n) is 6.77. The molecule has 2 atom stereocenters. The Morgan fingerprint density at radius 1 is 1.05 bits per heavy atom. The topological polar surface area (TPSA) is 119 Å². The van der Waals surface area contributed by atoms with Crippen molar-refractivity contribution in [1.82, 2.24) is 14.5 Å². The Morgan fingerprint density at radius 3 is 2.26 bits per heavy atom. The molecule has 0 saturated carbocycles. The summed E-state index contributed by atoms with van der Waals surface area (Å²) < 4.78 is 50.2. The average molecular weight is 600 g/mol. The number of carbonyl (C=O) groups is 3. The van der Waals surface area contributed by atoms with E-state index in [9.17, 15) is 28.7 Å². The summed E-state index contributed by atoms with van der Waals surface area (Å²) >= 11 is 6.58. The molecule has 2 aromatic heterocycles. The van der Waals surface area contributed by atoms with Crippen molar-refractivity contribution in [3.8, 4) is 5.75 Å². The van der Waals surface area contributed by atoms with Gasteiger partial charge in [0.25, 0.3) is 17.4 Å². The van der Waals surface area contributed by atoms with Crippen molar-refractivity contribution in [2.24, 2.45) is 0 Å². The first-order valence-electron chi connectivity index (χ1n) is 12.6. The Morgan fingerprint density at radius 2 is 1.67 bits per heavy atom. The van der Waals surface area contributed by atoms with Gasteiger partial charge in [-0.1, -0.05) is 35.9 Å². The van der Waals surface area contributed by atoms with E-state index < -0.39 is 70.5 Å². The molecule has 3 heterocycles. The van der Waals surface area contributed by atoms with Gasteiger partial charge >= 0.3 is 5.97 Å². The van der Waals surface area contributed by atoms with Crippen molar-refractivity contribution in [3.63, 3.8) is 0 Å². The van der Waals surface area contributed by atoms with E-state index in [2.05, 4.69) is 4.98 Å². The molecule has 4 aromatic rings. The van der Waals surface area contributed by atoms with Gasteiger partial charge in [-0.2, -0.15) is 0 Å². The monoisotopic (exact) mass is 599 g/mol. The van der Waals surface area contributed by atoms with Crippen LogP contribution in [0.5, 0.6) is 5.75 Å². The van der Waals surface area contributed by atoms with Gasteiger partial charge < -0.3 is 9.84 Å². The molecule has 0 bridgehead atoms. The normalized spacial score (nSPS) is 14.3. The number of alkyl halides is 2. The van der Waals surface area contributed by atoms with Crippen LogP contribution in [0.1, 0.15) is 55.4 Å². The van der Waals surface area contributed by atoms with E-state index in [1.807, 2.05) is 0 Å². The SMILES string of the molecule is CCOC(=O)c1c(O)c2ncc(Cc3ccc(F)cc3)c(Cl)c2n(C(F)C(F)CN2C(=O)c3ccccc3C2=O)c1=O. The molecular formula is C29H21ClF3N3O6. The summed E-state index contributed by atoms with van der Waals surface area (Å²) in [5, 5.41) is 10.5. The van der Waals surface area contributed by atoms with Crippen molar-refractivity contribution < 1.29 is 37.4 Å². The minimum Gasteiger partial charge on any atom is -0.505 e. The van der Waals surface area contributed by atoms with Crippen LogP contribution >= 0.6 is 11.6 Å². The molecule has 0 radical (unpaired) electrons. The number of esters is 1. The Kier molecular flexibility index (Phi) is 7.74. The zero-order valence-corrected chi connectivity index (χ0v) is 22.6. The van der Waals surface area contributed by atoms with Crippen LogP contribution in [0.15, 0.2) is 59.5 Å². The standard InChI is InChI=1S/C29H21ClF3N3O6/c1-2-42-29(41)20-24(37)22-23(21(30)15(12-34-22)11-14-7-9-16(31)10-8-14)36(28(20)40)25(33)19(32)13-35-26(38)17-5-3-4-6-18(17)27(35)39/h3-10,12,19,25,37H,2,11,13H2,1H3. The second-order valence-corrected chi connectivity index (χ2v) is 9.75. The predicted octanol–water partition coefficient (Wildman–Crippen LogP) is 4.76. The number of rotatable bonds is 8. The summed E-state index contributed by atoms with van der Waals surface area (Å²) in [6.45, 7) is 0.158. The second-order valence-electron chi connectivity index (χ2n) is 9.37. The molecule has 9 nitrogen and oxygen atoms in total. The van der Waals surface area contributed by atoms with Gasteiger partial charge in [-0.15, -0.1) is 0 Å². The van der Waals surface area contributed by atoms with Gasteiger partial charge in [-0.3, -0.25) is 28.8 Å². The van der Waals surface area contributed by atoms with E-state index in [0.717, 1.165) is 0 Å². The molecule has 0 fully saturated rings. The highest BCUT2D eigenvalue weighted by Gasteiger charge is 2.40. The first-order valence-corrected chi connectivity index (χ1v) is 13.0. The van der Waals surface area contributed by atoms with E-state index in [1.54, 1.807) is 0 Å². The van der Waals surface area contributed by atoms with E-state index in [-0.39, 0.29) is 39.3 Å². The van der Waals surface area contributed by atoms with Gasteiger partial charge in [-0.05, 0) is 42.3 Å². The van der Waals surface area contributed by atoms with Crippen LogP contribution in [0.3, 0.4) is 0 Å². The lowest BCUT2D eigenvalue weighted by atomic mass is 10.0. The molecule has 0 aliphatic carbocycles. The highest BCUT2D eigenvalue weighted by molar-refractivity contribution is 6.36. The van der Waals surface area contributed by atoms with Gasteiger partial charge in [0.2, 0.25) is 6.30 Å². The molecule has 13 heteroatoms. The molecule has 216 valence electrons. The summed E-state index contributed by atoms with van der Waals surface area (Å²) in [6, 6.07) is 11.1. The van der Waals surface area contributed by atoms with Crippen LogP contribution in [0, 0.1) is 5.82 Å². The van der Waals surface area contributed by atoms with Crippen LogP contribution in [0.25, 0.3) is 11.0 Å². The number of amides is 2. The fourth-order valence-electron chi connectivity index (χ4n) is 4.75. The zero-order valence-electron chi connectivity index (χ0n) is 21.8. The van der Waals surface area contributed by atoms with Crippen LogP contribution in [0.2, 0.25) is 5.02 Å². The number of aromatic hydroxyl groups is 1. The first-order chi connectivity index (χ1) is 20.0. The van der Waals surface area contributed by atoms with Crippen molar-refractivity contribution in [2.45, 2.75) is 25.8 Å². The highest BCUT2D eigenvalue weighted by atomic mass is 35.5. The van der Waals surface area contributed by atoms with E-state index in [0.29, 0.717) is 10.5 Å². The minimum absolute atomic E-state index is 0.0136. The quantitative estimate of drug-likeness (QED) is 0.229. The summed E-state index contributed by atoms with van der Waals surface area (Å²) in [7, 11) is 0. The van der Waals surface area contributed by atoms with E-state index in [4.69, 9.17) is 16.3 Å². The molecule has 1 aliphatic rings. The average Bonchev–Trinajstić information content (AvgIpc) is 3.20. The lowest BCUT2D eigenvalue weighted by Crippen LogP contribution is -2.40. The van der Waals surface area contributed by atoms with E-state index >= 15 is 8.78 Å². The molecule has 42 heavy (non-hydrogen) atoms. The number of pyridine rings is 2. The summed E-state index contributed by atoms with van der Waals surface area (Å²) in [4.78, 5) is 56.1. The number of benzene rings is 2. The lowest BCUT2D eigenvalue weighted by Gasteiger charge is -2.23. The fourth-order valence-corrected chi connectivity index (χ4v) is 5.04. The smallest absolute Gasteiger partial charge is 0.347 e. The van der Waals surface area contributed by atoms with Crippen LogP contribution in [0.4, 0.5) is 13.2 Å².